The fourth-order valence-electron chi connectivity index (χ4n) is 7.00. The number of ether oxygens (including phenoxy) is 2. The van der Waals surface area contributed by atoms with Crippen LogP contribution in [-0.4, -0.2) is 87.5 Å². The highest BCUT2D eigenvalue weighted by Crippen LogP contribution is 2.22. The third kappa shape index (κ3) is 29.2. The maximum absolute atomic E-state index is 12.9. The fourth-order valence-corrected chi connectivity index (χ4v) is 7.00. The van der Waals surface area contributed by atoms with E-state index in [-0.39, 0.29) is 12.5 Å². The van der Waals surface area contributed by atoms with E-state index in [4.69, 9.17) is 9.47 Å². The highest BCUT2D eigenvalue weighted by atomic mass is 16.7. The lowest BCUT2D eigenvalue weighted by molar-refractivity contribution is -0.302. The number of carbonyl (C=O) groups excluding carboxylic acids is 1. The number of rotatable bonds is 38. The molecule has 7 atom stereocenters. The Balaban J connectivity index is 2.40. The molecule has 0 saturated carbocycles. The summed E-state index contributed by atoms with van der Waals surface area (Å²) < 4.78 is 11.2. The van der Waals surface area contributed by atoms with Gasteiger partial charge in [0, 0.05) is 6.42 Å². The van der Waals surface area contributed by atoms with E-state index < -0.39 is 49.5 Å². The molecule has 1 heterocycles. The second kappa shape index (κ2) is 39.1. The van der Waals surface area contributed by atoms with Crippen molar-refractivity contribution in [3.8, 4) is 0 Å². The van der Waals surface area contributed by atoms with Gasteiger partial charge >= 0.3 is 0 Å². The van der Waals surface area contributed by atoms with Crippen molar-refractivity contribution in [1.29, 1.82) is 0 Å². The van der Waals surface area contributed by atoms with Crippen molar-refractivity contribution in [3.63, 3.8) is 0 Å². The largest absolute Gasteiger partial charge is 0.394 e. The van der Waals surface area contributed by atoms with Gasteiger partial charge in [0.25, 0.3) is 0 Å². The van der Waals surface area contributed by atoms with Crippen LogP contribution in [0, 0.1) is 0 Å². The lowest BCUT2D eigenvalue weighted by Crippen LogP contribution is -2.60. The van der Waals surface area contributed by atoms with Crippen LogP contribution in [0.25, 0.3) is 0 Å². The van der Waals surface area contributed by atoms with Crippen LogP contribution in [0.3, 0.4) is 0 Å². The number of aliphatic hydroxyl groups is 5. The Hall–Kier alpha value is -2.11. The number of allylic oxidation sites excluding steroid dienone is 9. The Morgan fingerprint density at radius 2 is 1.03 bits per heavy atom. The normalized spacial score (nSPS) is 21.4. The summed E-state index contributed by atoms with van der Waals surface area (Å²) in [4.78, 5) is 12.9. The molecule has 7 unspecified atom stereocenters. The molecular formula is C49H87NO8. The van der Waals surface area contributed by atoms with Crippen molar-refractivity contribution in [2.24, 2.45) is 0 Å². The summed E-state index contributed by atoms with van der Waals surface area (Å²) >= 11 is 0. The summed E-state index contributed by atoms with van der Waals surface area (Å²) in [5.74, 6) is -0.205. The molecule has 0 bridgehead atoms. The molecule has 9 nitrogen and oxygen atoms in total. The molecule has 1 fully saturated rings. The van der Waals surface area contributed by atoms with Gasteiger partial charge in [-0.05, 0) is 70.6 Å². The van der Waals surface area contributed by atoms with Crippen molar-refractivity contribution in [3.05, 3.63) is 60.8 Å². The fraction of sp³-hybridized carbons (Fsp3) is 0.776. The molecule has 0 radical (unpaired) electrons. The van der Waals surface area contributed by atoms with Gasteiger partial charge in [0.1, 0.15) is 24.4 Å². The number of nitrogens with one attached hydrogen (secondary N) is 1. The molecule has 58 heavy (non-hydrogen) atoms. The van der Waals surface area contributed by atoms with E-state index in [1.807, 2.05) is 6.08 Å². The maximum atomic E-state index is 12.9. The van der Waals surface area contributed by atoms with Crippen LogP contribution in [0.1, 0.15) is 187 Å². The molecule has 9 heteroatoms. The number of amides is 1. The van der Waals surface area contributed by atoms with Crippen molar-refractivity contribution in [1.82, 2.24) is 5.32 Å². The highest BCUT2D eigenvalue weighted by Gasteiger charge is 2.44. The minimum atomic E-state index is -1.58. The van der Waals surface area contributed by atoms with E-state index in [2.05, 4.69) is 67.8 Å². The number of unbranched alkanes of at least 4 members (excludes halogenated alkanes) is 21. The van der Waals surface area contributed by atoms with Crippen LogP contribution >= 0.6 is 0 Å². The van der Waals surface area contributed by atoms with Gasteiger partial charge in [-0.1, -0.05) is 171 Å². The topological polar surface area (TPSA) is 149 Å². The average Bonchev–Trinajstić information content (AvgIpc) is 3.22. The molecule has 1 saturated heterocycles. The zero-order valence-electron chi connectivity index (χ0n) is 36.8. The van der Waals surface area contributed by atoms with Crippen LogP contribution in [0.2, 0.25) is 0 Å². The Morgan fingerprint density at radius 3 is 1.59 bits per heavy atom. The molecule has 1 aliphatic heterocycles. The molecule has 0 aromatic heterocycles. The average molecular weight is 818 g/mol. The monoisotopic (exact) mass is 818 g/mol. The van der Waals surface area contributed by atoms with Gasteiger partial charge < -0.3 is 40.3 Å². The molecule has 336 valence electrons. The lowest BCUT2D eigenvalue weighted by atomic mass is 9.99. The first-order valence-electron chi connectivity index (χ1n) is 23.5. The van der Waals surface area contributed by atoms with Crippen molar-refractivity contribution < 1.29 is 39.8 Å². The van der Waals surface area contributed by atoms with E-state index in [9.17, 15) is 30.3 Å². The third-order valence-corrected chi connectivity index (χ3v) is 10.8. The van der Waals surface area contributed by atoms with Gasteiger partial charge in [-0.25, -0.2) is 0 Å². The number of hydrogen-bond donors (Lipinski definition) is 6. The van der Waals surface area contributed by atoms with Crippen molar-refractivity contribution >= 4 is 5.91 Å². The Morgan fingerprint density at radius 1 is 0.586 bits per heavy atom. The van der Waals surface area contributed by atoms with Gasteiger partial charge in [0.15, 0.2) is 6.29 Å². The zero-order valence-corrected chi connectivity index (χ0v) is 36.8. The first kappa shape index (κ1) is 53.9. The highest BCUT2D eigenvalue weighted by molar-refractivity contribution is 5.76. The lowest BCUT2D eigenvalue weighted by Gasteiger charge is -2.40. The summed E-state index contributed by atoms with van der Waals surface area (Å²) in [6.45, 7) is 3.70. The molecule has 1 rings (SSSR count). The van der Waals surface area contributed by atoms with Gasteiger partial charge in [0.2, 0.25) is 5.91 Å². The summed E-state index contributed by atoms with van der Waals surface area (Å²) in [6.07, 6.45) is 44.0. The maximum Gasteiger partial charge on any atom is 0.220 e. The minimum Gasteiger partial charge on any atom is -0.394 e. The molecule has 6 N–H and O–H groups in total. The molecule has 0 aromatic carbocycles. The SMILES string of the molecule is CCCCC/C=C\C=C/CCCCCCCCC(=O)NC(COC1OC(CO)C(O)C(O)C1O)C(O)/C=C/CC/C=C/CC/C=C/CCCCCCCCCCCC. The number of aliphatic hydroxyl groups excluding tert-OH is 5. The second-order valence-corrected chi connectivity index (χ2v) is 16.2. The minimum absolute atomic E-state index is 0.205. The third-order valence-electron chi connectivity index (χ3n) is 10.8. The van der Waals surface area contributed by atoms with E-state index in [1.165, 1.54) is 96.3 Å². The van der Waals surface area contributed by atoms with Gasteiger partial charge in [-0.2, -0.15) is 0 Å². The Kier molecular flexibility index (Phi) is 36.3. The van der Waals surface area contributed by atoms with E-state index >= 15 is 0 Å². The molecule has 0 aromatic rings. The summed E-state index contributed by atoms with van der Waals surface area (Å²) in [5, 5.41) is 54.2. The van der Waals surface area contributed by atoms with Crippen LogP contribution in [0.4, 0.5) is 0 Å². The van der Waals surface area contributed by atoms with Gasteiger partial charge in [-0.15, -0.1) is 0 Å². The van der Waals surface area contributed by atoms with Crippen LogP contribution in [-0.2, 0) is 14.3 Å². The number of hydrogen-bond acceptors (Lipinski definition) is 8. The molecule has 1 aliphatic rings. The van der Waals surface area contributed by atoms with Crippen LogP contribution < -0.4 is 5.32 Å². The van der Waals surface area contributed by atoms with E-state index in [0.717, 1.165) is 70.6 Å². The van der Waals surface area contributed by atoms with Crippen LogP contribution in [0.5, 0.6) is 0 Å². The molecule has 0 spiro atoms. The Bertz CT molecular complexity index is 1090. The summed E-state index contributed by atoms with van der Waals surface area (Å²) in [7, 11) is 0. The zero-order chi connectivity index (χ0) is 42.3. The molecular weight excluding hydrogens is 731 g/mol. The molecule has 0 aliphatic carbocycles. The van der Waals surface area contributed by atoms with Gasteiger partial charge in [0.05, 0.1) is 25.4 Å². The number of carbonyl (C=O) groups is 1. The van der Waals surface area contributed by atoms with E-state index in [0.29, 0.717) is 6.42 Å². The first-order chi connectivity index (χ1) is 28.3. The summed E-state index contributed by atoms with van der Waals surface area (Å²) in [6, 6.07) is -0.835. The van der Waals surface area contributed by atoms with Crippen LogP contribution in [0.15, 0.2) is 60.8 Å². The predicted octanol–water partition coefficient (Wildman–Crippen LogP) is 10.0. The summed E-state index contributed by atoms with van der Waals surface area (Å²) in [5.41, 5.74) is 0. The predicted molar refractivity (Wildman–Crippen MR) is 239 cm³/mol. The standard InChI is InChI=1S/C49H87NO8/c1-3-5-7-9-11-13-15-17-19-20-21-22-23-25-26-28-30-32-34-36-38-43(52)42(41-57-49-48(56)47(55)46(54)44(40-51)58-49)50-45(53)39-37-35-33-31-29-27-24-18-16-14-12-10-8-6-4-2/h12,14,16,18,22-23,28,30,36,38,42-44,46-49,51-52,54-56H,3-11,13,15,17,19-21,24-27,29,31-35,37,39-41H2,1-2H3,(H,50,53)/b14-12-,18-16-,23-22+,30-28+,38-36+. The van der Waals surface area contributed by atoms with Crippen molar-refractivity contribution in [2.75, 3.05) is 13.2 Å². The molecule has 1 amide bonds. The first-order valence-corrected chi connectivity index (χ1v) is 23.5. The quantitative estimate of drug-likeness (QED) is 0.0205. The second-order valence-electron chi connectivity index (χ2n) is 16.2. The van der Waals surface area contributed by atoms with E-state index in [1.54, 1.807) is 6.08 Å². The van der Waals surface area contributed by atoms with Gasteiger partial charge in [-0.3, -0.25) is 4.79 Å². The Labute approximate surface area is 354 Å². The van der Waals surface area contributed by atoms with Crippen molar-refractivity contribution in [2.45, 2.75) is 230 Å². The smallest absolute Gasteiger partial charge is 0.220 e.